The van der Waals surface area contributed by atoms with Gasteiger partial charge in [0.05, 0.1) is 5.92 Å². The third-order valence-electron chi connectivity index (χ3n) is 4.54. The van der Waals surface area contributed by atoms with E-state index in [-0.39, 0.29) is 24.8 Å². The molecule has 1 unspecified atom stereocenters. The molecule has 2 heterocycles. The second-order valence-electron chi connectivity index (χ2n) is 6.23. The van der Waals surface area contributed by atoms with E-state index < -0.39 is 18.4 Å². The zero-order valence-electron chi connectivity index (χ0n) is 13.4. The van der Waals surface area contributed by atoms with Crippen LogP contribution in [0.15, 0.2) is 24.3 Å². The van der Waals surface area contributed by atoms with E-state index in [0.717, 1.165) is 24.5 Å². The van der Waals surface area contributed by atoms with E-state index in [0.29, 0.717) is 0 Å². The summed E-state index contributed by atoms with van der Waals surface area (Å²) in [5.41, 5.74) is 1.93. The second kappa shape index (κ2) is 6.90. The molecule has 2 fully saturated rings. The molecule has 0 bridgehead atoms. The number of rotatable bonds is 5. The molecule has 3 rings (SSSR count). The molecule has 0 aliphatic carbocycles. The Morgan fingerprint density at radius 1 is 1.12 bits per heavy atom. The van der Waals surface area contributed by atoms with Gasteiger partial charge in [-0.25, -0.2) is 0 Å². The van der Waals surface area contributed by atoms with E-state index in [9.17, 15) is 14.4 Å². The Labute approximate surface area is 140 Å². The average Bonchev–Trinajstić information content (AvgIpc) is 3.22. The van der Waals surface area contributed by atoms with Gasteiger partial charge in [-0.1, -0.05) is 0 Å². The topological polar surface area (TPSA) is 89.9 Å². The third-order valence-corrected chi connectivity index (χ3v) is 4.54. The first-order chi connectivity index (χ1) is 11.5. The number of carbonyl (C=O) groups excluding carboxylic acids is 2. The lowest BCUT2D eigenvalue weighted by molar-refractivity contribution is -0.138. The maximum absolute atomic E-state index is 12.2. The molecule has 1 aromatic carbocycles. The summed E-state index contributed by atoms with van der Waals surface area (Å²) in [6.07, 6.45) is 2.53. The molecule has 0 spiro atoms. The van der Waals surface area contributed by atoms with E-state index in [1.165, 1.54) is 12.8 Å². The van der Waals surface area contributed by atoms with Crippen LogP contribution in [0.3, 0.4) is 0 Å². The highest BCUT2D eigenvalue weighted by Crippen LogP contribution is 2.28. The molecule has 128 valence electrons. The maximum atomic E-state index is 12.2. The van der Waals surface area contributed by atoms with Crippen molar-refractivity contribution in [3.05, 3.63) is 24.3 Å². The van der Waals surface area contributed by atoms with Crippen LogP contribution in [0.1, 0.15) is 19.3 Å². The van der Waals surface area contributed by atoms with Gasteiger partial charge in [-0.05, 0) is 37.1 Å². The van der Waals surface area contributed by atoms with Gasteiger partial charge in [0.1, 0.15) is 6.54 Å². The monoisotopic (exact) mass is 331 g/mol. The Morgan fingerprint density at radius 2 is 1.75 bits per heavy atom. The summed E-state index contributed by atoms with van der Waals surface area (Å²) in [5, 5.41) is 10.9. The van der Waals surface area contributed by atoms with Crippen LogP contribution in [-0.4, -0.2) is 49.1 Å². The Bertz CT molecular complexity index is 638. The van der Waals surface area contributed by atoms with Gasteiger partial charge in [0.25, 0.3) is 0 Å². The smallest absolute Gasteiger partial charge is 0.322 e. The van der Waals surface area contributed by atoms with E-state index >= 15 is 0 Å². The van der Waals surface area contributed by atoms with Gasteiger partial charge in [-0.15, -0.1) is 0 Å². The van der Waals surface area contributed by atoms with Gasteiger partial charge in [-0.3, -0.25) is 14.4 Å². The first-order valence-electron chi connectivity index (χ1n) is 8.19. The predicted octanol–water partition coefficient (Wildman–Crippen LogP) is 0.840. The van der Waals surface area contributed by atoms with Crippen LogP contribution in [-0.2, 0) is 14.4 Å². The minimum atomic E-state index is -1.10. The van der Waals surface area contributed by atoms with Crippen molar-refractivity contribution in [3.63, 3.8) is 0 Å². The van der Waals surface area contributed by atoms with Crippen molar-refractivity contribution >= 4 is 29.2 Å². The summed E-state index contributed by atoms with van der Waals surface area (Å²) in [5.74, 6) is -2.10. The molecule has 2 N–H and O–H groups in total. The first kappa shape index (κ1) is 16.3. The number of benzene rings is 1. The molecule has 2 saturated heterocycles. The summed E-state index contributed by atoms with van der Waals surface area (Å²) in [7, 11) is 0. The standard InChI is InChI=1S/C17H21N3O4/c21-15-9-12(17(24)18-10-16(22)23)11-20(15)14-5-3-13(4-6-14)19-7-1-2-8-19/h3-6,12H,1-2,7-11H2,(H,18,24)(H,22,23). The quantitative estimate of drug-likeness (QED) is 0.834. The van der Waals surface area contributed by atoms with E-state index in [1.54, 1.807) is 4.90 Å². The SMILES string of the molecule is O=C(O)CNC(=O)C1CC(=O)N(c2ccc(N3CCCC3)cc2)C1. The first-order valence-corrected chi connectivity index (χ1v) is 8.19. The Balaban J connectivity index is 1.63. The number of amides is 2. The maximum Gasteiger partial charge on any atom is 0.322 e. The molecule has 1 aromatic rings. The van der Waals surface area contributed by atoms with Crippen molar-refractivity contribution in [2.45, 2.75) is 19.3 Å². The van der Waals surface area contributed by atoms with Crippen molar-refractivity contribution in [2.75, 3.05) is 36.0 Å². The lowest BCUT2D eigenvalue weighted by Crippen LogP contribution is -2.36. The minimum Gasteiger partial charge on any atom is -0.480 e. The number of anilines is 2. The van der Waals surface area contributed by atoms with Crippen LogP contribution >= 0.6 is 0 Å². The van der Waals surface area contributed by atoms with Crippen LogP contribution in [0.4, 0.5) is 11.4 Å². The number of nitrogens with zero attached hydrogens (tertiary/aromatic N) is 2. The van der Waals surface area contributed by atoms with E-state index in [2.05, 4.69) is 10.2 Å². The van der Waals surface area contributed by atoms with Gasteiger partial charge in [0.2, 0.25) is 11.8 Å². The fourth-order valence-electron chi connectivity index (χ4n) is 3.26. The van der Waals surface area contributed by atoms with Crippen LogP contribution in [0.2, 0.25) is 0 Å². The summed E-state index contributed by atoms with van der Waals surface area (Å²) < 4.78 is 0. The predicted molar refractivity (Wildman–Crippen MR) is 89.0 cm³/mol. The lowest BCUT2D eigenvalue weighted by Gasteiger charge is -2.20. The molecule has 0 saturated carbocycles. The minimum absolute atomic E-state index is 0.110. The van der Waals surface area contributed by atoms with Gasteiger partial charge >= 0.3 is 5.97 Å². The molecule has 2 amide bonds. The highest BCUT2D eigenvalue weighted by atomic mass is 16.4. The average molecular weight is 331 g/mol. The number of carbonyl (C=O) groups is 3. The number of carboxylic acids is 1. The van der Waals surface area contributed by atoms with E-state index in [4.69, 9.17) is 5.11 Å². The molecule has 2 aliphatic rings. The molecule has 2 aliphatic heterocycles. The Morgan fingerprint density at radius 3 is 2.38 bits per heavy atom. The molecule has 1 atom stereocenters. The number of hydrogen-bond donors (Lipinski definition) is 2. The summed E-state index contributed by atoms with van der Waals surface area (Å²) in [6.45, 7) is 1.99. The number of carboxylic acid groups (broad SMARTS) is 1. The van der Waals surface area contributed by atoms with Crippen molar-refractivity contribution < 1.29 is 19.5 Å². The number of nitrogens with one attached hydrogen (secondary N) is 1. The fourth-order valence-corrected chi connectivity index (χ4v) is 3.26. The molecule has 7 heteroatoms. The zero-order valence-corrected chi connectivity index (χ0v) is 13.4. The molecule has 7 nitrogen and oxygen atoms in total. The van der Waals surface area contributed by atoms with Gasteiger partial charge in [-0.2, -0.15) is 0 Å². The summed E-state index contributed by atoms with van der Waals surface area (Å²) in [4.78, 5) is 38.6. The summed E-state index contributed by atoms with van der Waals surface area (Å²) >= 11 is 0. The zero-order chi connectivity index (χ0) is 17.1. The molecular weight excluding hydrogens is 310 g/mol. The highest BCUT2D eigenvalue weighted by molar-refractivity contribution is 6.00. The molecular formula is C17H21N3O4. The number of hydrogen-bond acceptors (Lipinski definition) is 4. The van der Waals surface area contributed by atoms with Crippen molar-refractivity contribution in [3.8, 4) is 0 Å². The molecule has 0 radical (unpaired) electrons. The third kappa shape index (κ3) is 3.50. The van der Waals surface area contributed by atoms with Crippen molar-refractivity contribution in [1.29, 1.82) is 0 Å². The van der Waals surface area contributed by atoms with Gasteiger partial charge in [0.15, 0.2) is 0 Å². The normalized spacial score (nSPS) is 20.5. The van der Waals surface area contributed by atoms with Crippen LogP contribution in [0.5, 0.6) is 0 Å². The van der Waals surface area contributed by atoms with Crippen molar-refractivity contribution in [1.82, 2.24) is 5.32 Å². The second-order valence-corrected chi connectivity index (χ2v) is 6.23. The van der Waals surface area contributed by atoms with Gasteiger partial charge in [0, 0.05) is 37.4 Å². The van der Waals surface area contributed by atoms with Crippen molar-refractivity contribution in [2.24, 2.45) is 5.92 Å². The van der Waals surface area contributed by atoms with Gasteiger partial charge < -0.3 is 20.2 Å². The Kier molecular flexibility index (Phi) is 4.69. The number of aliphatic carboxylic acids is 1. The lowest BCUT2D eigenvalue weighted by atomic mass is 10.1. The summed E-state index contributed by atoms with van der Waals surface area (Å²) in [6, 6.07) is 7.82. The van der Waals surface area contributed by atoms with E-state index in [1.807, 2.05) is 24.3 Å². The van der Waals surface area contributed by atoms with Crippen LogP contribution in [0.25, 0.3) is 0 Å². The molecule has 0 aromatic heterocycles. The molecule has 24 heavy (non-hydrogen) atoms. The van der Waals surface area contributed by atoms with Crippen LogP contribution in [0, 0.1) is 5.92 Å². The highest BCUT2D eigenvalue weighted by Gasteiger charge is 2.35. The fraction of sp³-hybridized carbons (Fsp3) is 0.471. The van der Waals surface area contributed by atoms with Crippen LogP contribution < -0.4 is 15.1 Å². The largest absolute Gasteiger partial charge is 0.480 e. The Hall–Kier alpha value is -2.57.